The molecule has 0 aromatic carbocycles. The van der Waals surface area contributed by atoms with Crippen LogP contribution >= 0.6 is 11.6 Å². The fourth-order valence-electron chi connectivity index (χ4n) is 0.500. The molecule has 1 fully saturated rings. The van der Waals surface area contributed by atoms with E-state index in [1.165, 1.54) is 18.9 Å². The minimum absolute atomic E-state index is 0.364. The van der Waals surface area contributed by atoms with Gasteiger partial charge in [0.2, 0.25) is 5.24 Å². The molecule has 1 aliphatic carbocycles. The van der Waals surface area contributed by atoms with Crippen LogP contribution in [0.15, 0.2) is 12.2 Å². The highest BCUT2D eigenvalue weighted by Gasteiger charge is 2.17. The van der Waals surface area contributed by atoms with Crippen molar-refractivity contribution in [1.29, 1.82) is 0 Å². The normalized spacial score (nSPS) is 19.6. The van der Waals surface area contributed by atoms with Crippen LogP contribution in [-0.4, -0.2) is 5.24 Å². The average molecular weight is 131 g/mol. The molecule has 0 radical (unpaired) electrons. The smallest absolute Gasteiger partial charge is 0.244 e. The van der Waals surface area contributed by atoms with E-state index in [2.05, 4.69) is 0 Å². The first-order valence-electron chi connectivity index (χ1n) is 2.66. The molecule has 1 nitrogen and oxygen atoms in total. The summed E-state index contributed by atoms with van der Waals surface area (Å²) in [5.74, 6) is 0.651. The van der Waals surface area contributed by atoms with Gasteiger partial charge in [0.05, 0.1) is 0 Å². The van der Waals surface area contributed by atoms with Gasteiger partial charge in [-0.2, -0.15) is 0 Å². The first kappa shape index (κ1) is 5.83. The fourth-order valence-corrected chi connectivity index (χ4v) is 0.573. The topological polar surface area (TPSA) is 17.1 Å². The largest absolute Gasteiger partial charge is 0.276 e. The summed E-state index contributed by atoms with van der Waals surface area (Å²) in [6.07, 6.45) is 5.75. The second-order valence-electron chi connectivity index (χ2n) is 2.00. The van der Waals surface area contributed by atoms with Crippen LogP contribution in [0.2, 0.25) is 0 Å². The SMILES string of the molecule is O=C(Cl)C=CC1CC1. The lowest BCUT2D eigenvalue weighted by molar-refractivity contribution is -0.107. The molecule has 0 aromatic rings. The summed E-state index contributed by atoms with van der Waals surface area (Å²) in [6.45, 7) is 0. The van der Waals surface area contributed by atoms with Crippen LogP contribution in [-0.2, 0) is 4.79 Å². The minimum atomic E-state index is -0.364. The van der Waals surface area contributed by atoms with Gasteiger partial charge in [0, 0.05) is 0 Å². The molecule has 0 atom stereocenters. The van der Waals surface area contributed by atoms with E-state index >= 15 is 0 Å². The van der Waals surface area contributed by atoms with Crippen molar-refractivity contribution in [3.8, 4) is 0 Å². The summed E-state index contributed by atoms with van der Waals surface area (Å²) < 4.78 is 0. The summed E-state index contributed by atoms with van der Waals surface area (Å²) in [5, 5.41) is -0.364. The molecule has 8 heavy (non-hydrogen) atoms. The predicted octanol–water partition coefficient (Wildman–Crippen LogP) is 1.72. The Bertz CT molecular complexity index is 124. The molecule has 0 N–H and O–H groups in total. The highest BCUT2D eigenvalue weighted by atomic mass is 35.5. The highest BCUT2D eigenvalue weighted by Crippen LogP contribution is 2.29. The molecular weight excluding hydrogens is 124 g/mol. The Labute approximate surface area is 53.3 Å². The van der Waals surface area contributed by atoms with Crippen molar-refractivity contribution in [1.82, 2.24) is 0 Å². The van der Waals surface area contributed by atoms with Gasteiger partial charge in [-0.3, -0.25) is 4.79 Å². The summed E-state index contributed by atoms with van der Waals surface area (Å²) in [7, 11) is 0. The fraction of sp³-hybridized carbons (Fsp3) is 0.500. The molecule has 0 amide bonds. The van der Waals surface area contributed by atoms with Crippen molar-refractivity contribution in [2.24, 2.45) is 5.92 Å². The van der Waals surface area contributed by atoms with Crippen LogP contribution in [0.1, 0.15) is 12.8 Å². The lowest BCUT2D eigenvalue weighted by Crippen LogP contribution is -1.74. The first-order chi connectivity index (χ1) is 3.79. The molecule has 0 bridgehead atoms. The molecule has 2 heteroatoms. The van der Waals surface area contributed by atoms with Gasteiger partial charge in [-0.1, -0.05) is 6.08 Å². The maximum absolute atomic E-state index is 10.1. The maximum Gasteiger partial charge on any atom is 0.244 e. The van der Waals surface area contributed by atoms with E-state index in [0.29, 0.717) is 5.92 Å². The molecule has 0 saturated heterocycles. The van der Waals surface area contributed by atoms with E-state index < -0.39 is 0 Å². The maximum atomic E-state index is 10.1. The highest BCUT2D eigenvalue weighted by molar-refractivity contribution is 6.66. The number of hydrogen-bond acceptors (Lipinski definition) is 1. The predicted molar refractivity (Wildman–Crippen MR) is 32.7 cm³/mol. The van der Waals surface area contributed by atoms with Gasteiger partial charge >= 0.3 is 0 Å². The van der Waals surface area contributed by atoms with Gasteiger partial charge < -0.3 is 0 Å². The first-order valence-corrected chi connectivity index (χ1v) is 3.04. The van der Waals surface area contributed by atoms with E-state index in [4.69, 9.17) is 11.6 Å². The van der Waals surface area contributed by atoms with Crippen LogP contribution in [0.4, 0.5) is 0 Å². The van der Waals surface area contributed by atoms with Gasteiger partial charge in [-0.25, -0.2) is 0 Å². The Morgan fingerprint density at radius 3 is 2.62 bits per heavy atom. The summed E-state index contributed by atoms with van der Waals surface area (Å²) in [5.41, 5.74) is 0. The van der Waals surface area contributed by atoms with Gasteiger partial charge in [0.1, 0.15) is 0 Å². The third kappa shape index (κ3) is 2.12. The van der Waals surface area contributed by atoms with E-state index in [1.54, 1.807) is 0 Å². The number of halogens is 1. The second kappa shape index (κ2) is 2.31. The van der Waals surface area contributed by atoms with E-state index in [0.717, 1.165) is 0 Å². The van der Waals surface area contributed by atoms with Crippen LogP contribution in [0.5, 0.6) is 0 Å². The second-order valence-corrected chi connectivity index (χ2v) is 2.37. The van der Waals surface area contributed by atoms with Crippen molar-refractivity contribution in [2.45, 2.75) is 12.8 Å². The zero-order valence-electron chi connectivity index (χ0n) is 4.43. The number of carbonyl (C=O) groups excluding carboxylic acids is 1. The third-order valence-electron chi connectivity index (χ3n) is 1.12. The van der Waals surface area contributed by atoms with E-state index in [9.17, 15) is 4.79 Å². The molecule has 0 spiro atoms. The number of allylic oxidation sites excluding steroid dienone is 2. The van der Waals surface area contributed by atoms with Gasteiger partial charge in [0.25, 0.3) is 0 Å². The van der Waals surface area contributed by atoms with Crippen molar-refractivity contribution in [3.63, 3.8) is 0 Å². The Kier molecular flexibility index (Phi) is 1.69. The molecule has 1 rings (SSSR count). The molecule has 0 aliphatic heterocycles. The minimum Gasteiger partial charge on any atom is -0.276 e. The van der Waals surface area contributed by atoms with Gasteiger partial charge in [-0.15, -0.1) is 0 Å². The molecule has 1 aliphatic rings. The standard InChI is InChI=1S/C6H7ClO/c7-6(8)4-3-5-1-2-5/h3-5H,1-2H2. The van der Waals surface area contributed by atoms with Crippen molar-refractivity contribution in [3.05, 3.63) is 12.2 Å². The Hall–Kier alpha value is -0.300. The van der Waals surface area contributed by atoms with E-state index in [1.807, 2.05) is 6.08 Å². The lowest BCUT2D eigenvalue weighted by Gasteiger charge is -1.74. The van der Waals surface area contributed by atoms with Crippen molar-refractivity contribution < 1.29 is 4.79 Å². The van der Waals surface area contributed by atoms with Crippen LogP contribution in [0.25, 0.3) is 0 Å². The summed E-state index contributed by atoms with van der Waals surface area (Å²) in [4.78, 5) is 10.1. The van der Waals surface area contributed by atoms with Gasteiger partial charge in [-0.05, 0) is 36.4 Å². The van der Waals surface area contributed by atoms with Crippen LogP contribution < -0.4 is 0 Å². The van der Waals surface area contributed by atoms with Crippen molar-refractivity contribution in [2.75, 3.05) is 0 Å². The zero-order valence-corrected chi connectivity index (χ0v) is 5.19. The quantitative estimate of drug-likeness (QED) is 0.411. The third-order valence-corrected chi connectivity index (χ3v) is 1.25. The summed E-state index contributed by atoms with van der Waals surface area (Å²) in [6, 6.07) is 0. The number of hydrogen-bond donors (Lipinski definition) is 0. The average Bonchev–Trinajstić information content (AvgIpc) is 2.41. The van der Waals surface area contributed by atoms with Crippen molar-refractivity contribution >= 4 is 16.8 Å². The number of carbonyl (C=O) groups is 1. The number of rotatable bonds is 2. The van der Waals surface area contributed by atoms with Gasteiger partial charge in [0.15, 0.2) is 0 Å². The lowest BCUT2D eigenvalue weighted by atomic mass is 10.4. The molecule has 0 heterocycles. The van der Waals surface area contributed by atoms with Crippen LogP contribution in [0, 0.1) is 5.92 Å². The Balaban J connectivity index is 2.23. The molecular formula is C6H7ClO. The monoisotopic (exact) mass is 130 g/mol. The molecule has 0 aromatic heterocycles. The molecule has 44 valence electrons. The zero-order chi connectivity index (χ0) is 5.98. The Morgan fingerprint density at radius 1 is 1.62 bits per heavy atom. The van der Waals surface area contributed by atoms with E-state index in [-0.39, 0.29) is 5.24 Å². The molecule has 1 saturated carbocycles. The summed E-state index contributed by atoms with van der Waals surface area (Å²) >= 11 is 5.02. The van der Waals surface area contributed by atoms with Crippen LogP contribution in [0.3, 0.4) is 0 Å². The molecule has 0 unspecified atom stereocenters. The Morgan fingerprint density at radius 2 is 2.25 bits per heavy atom.